The minimum absolute atomic E-state index is 0.0563. The molecule has 6 nitrogen and oxygen atoms in total. The molecule has 8 heteroatoms. The van der Waals surface area contributed by atoms with Crippen LogP contribution in [0.1, 0.15) is 22.3 Å². The van der Waals surface area contributed by atoms with Crippen LogP contribution < -0.4 is 10.3 Å². The van der Waals surface area contributed by atoms with Crippen LogP contribution in [0.2, 0.25) is 10.0 Å². The highest BCUT2D eigenvalue weighted by Crippen LogP contribution is 2.33. The Bertz CT molecular complexity index is 1220. The van der Waals surface area contributed by atoms with E-state index in [4.69, 9.17) is 27.9 Å². The van der Waals surface area contributed by atoms with Crippen molar-refractivity contribution < 1.29 is 9.84 Å². The van der Waals surface area contributed by atoms with Crippen LogP contribution in [0.4, 0.5) is 5.69 Å². The first-order chi connectivity index (χ1) is 14.9. The molecular weight excluding hydrogens is 437 g/mol. The summed E-state index contributed by atoms with van der Waals surface area (Å²) in [4.78, 5) is 17.1. The van der Waals surface area contributed by atoms with Crippen molar-refractivity contribution in [3.63, 3.8) is 0 Å². The average molecular weight is 456 g/mol. The number of aliphatic imine (C=N–C) groups is 1. The van der Waals surface area contributed by atoms with Crippen LogP contribution in [0.25, 0.3) is 0 Å². The van der Waals surface area contributed by atoms with Gasteiger partial charge < -0.3 is 9.84 Å². The Morgan fingerprint density at radius 3 is 2.42 bits per heavy atom. The predicted molar refractivity (Wildman–Crippen MR) is 122 cm³/mol. The maximum atomic E-state index is 12.8. The van der Waals surface area contributed by atoms with Crippen molar-refractivity contribution in [1.82, 2.24) is 4.57 Å². The number of ether oxygens (including phenoxy) is 1. The lowest BCUT2D eigenvalue weighted by molar-refractivity contribution is 0.404. The number of methoxy groups -OCH3 is 1. The number of aromatic nitrogens is 1. The topological polar surface area (TPSA) is 87.6 Å². The van der Waals surface area contributed by atoms with Crippen LogP contribution in [0.15, 0.2) is 52.3 Å². The molecule has 0 spiro atoms. The zero-order valence-electron chi connectivity index (χ0n) is 16.9. The lowest BCUT2D eigenvalue weighted by atomic mass is 10.1. The number of rotatable bonds is 6. The zero-order chi connectivity index (χ0) is 22.5. The molecule has 0 aliphatic carbocycles. The second-order valence-corrected chi connectivity index (χ2v) is 7.55. The number of pyridine rings is 1. The molecule has 2 aromatic carbocycles. The molecule has 0 aliphatic heterocycles. The fraction of sp³-hybridized carbons (Fsp3) is 0.174. The monoisotopic (exact) mass is 455 g/mol. The molecule has 0 amide bonds. The van der Waals surface area contributed by atoms with Crippen LogP contribution in [0.3, 0.4) is 0 Å². The maximum absolute atomic E-state index is 12.8. The number of hydrogen-bond acceptors (Lipinski definition) is 5. The van der Waals surface area contributed by atoms with Gasteiger partial charge in [-0.2, -0.15) is 5.26 Å². The number of hydrogen-bond donors (Lipinski definition) is 1. The molecule has 0 atom stereocenters. The van der Waals surface area contributed by atoms with Gasteiger partial charge in [0, 0.05) is 12.8 Å². The van der Waals surface area contributed by atoms with Crippen LogP contribution in [-0.2, 0) is 13.0 Å². The molecule has 1 heterocycles. The smallest absolute Gasteiger partial charge is 0.271 e. The number of aryl methyl sites for hydroxylation is 1. The lowest BCUT2D eigenvalue weighted by Gasteiger charge is -2.14. The SMILES string of the molecule is COc1ccc(CCn2c(O)c(C=Nc3c(Cl)cccc3Cl)c(C)c(C#N)c2=O)cc1. The van der Waals surface area contributed by atoms with Gasteiger partial charge in [0.1, 0.15) is 23.1 Å². The standard InChI is InChI=1S/C23H19Cl2N3O3/c1-14-17(12-26)22(29)28(11-10-15-6-8-16(31-2)9-7-15)23(30)18(14)13-27-21-19(24)4-3-5-20(21)25/h3-9,13,30H,10-11H2,1-2H3. The highest BCUT2D eigenvalue weighted by atomic mass is 35.5. The van der Waals surface area contributed by atoms with E-state index in [2.05, 4.69) is 4.99 Å². The van der Waals surface area contributed by atoms with E-state index in [1.165, 1.54) is 10.8 Å². The third-order valence-corrected chi connectivity index (χ3v) is 5.50. The largest absolute Gasteiger partial charge is 0.497 e. The first-order valence-electron chi connectivity index (χ1n) is 9.34. The highest BCUT2D eigenvalue weighted by Gasteiger charge is 2.18. The quantitative estimate of drug-likeness (QED) is 0.527. The van der Waals surface area contributed by atoms with Crippen LogP contribution in [0, 0.1) is 18.3 Å². The fourth-order valence-corrected chi connectivity index (χ4v) is 3.60. The fourth-order valence-electron chi connectivity index (χ4n) is 3.11. The van der Waals surface area contributed by atoms with Crippen molar-refractivity contribution in [2.24, 2.45) is 4.99 Å². The summed E-state index contributed by atoms with van der Waals surface area (Å²) < 4.78 is 6.32. The normalized spacial score (nSPS) is 10.9. The van der Waals surface area contributed by atoms with E-state index in [0.29, 0.717) is 27.7 Å². The Kier molecular flexibility index (Phi) is 7.01. The van der Waals surface area contributed by atoms with Gasteiger partial charge in [-0.25, -0.2) is 0 Å². The van der Waals surface area contributed by atoms with Gasteiger partial charge >= 0.3 is 0 Å². The Hall–Kier alpha value is -3.27. The first kappa shape index (κ1) is 22.4. The number of benzene rings is 2. The minimum atomic E-state index is -0.557. The van der Waals surface area contributed by atoms with Gasteiger partial charge in [0.2, 0.25) is 5.88 Å². The van der Waals surface area contributed by atoms with Gasteiger partial charge in [0.25, 0.3) is 5.56 Å². The van der Waals surface area contributed by atoms with Crippen LogP contribution in [0.5, 0.6) is 11.6 Å². The highest BCUT2D eigenvalue weighted by molar-refractivity contribution is 6.38. The van der Waals surface area contributed by atoms with E-state index >= 15 is 0 Å². The summed E-state index contributed by atoms with van der Waals surface area (Å²) >= 11 is 12.3. The molecule has 1 aromatic heterocycles. The van der Waals surface area contributed by atoms with Gasteiger partial charge in [0.15, 0.2) is 0 Å². The third-order valence-electron chi connectivity index (χ3n) is 4.89. The Balaban J connectivity index is 2.01. The van der Waals surface area contributed by atoms with Crippen molar-refractivity contribution in [2.45, 2.75) is 19.9 Å². The summed E-state index contributed by atoms with van der Waals surface area (Å²) in [5, 5.41) is 21.0. The number of aromatic hydroxyl groups is 1. The van der Waals surface area contributed by atoms with E-state index < -0.39 is 5.56 Å². The van der Waals surface area contributed by atoms with Crippen molar-refractivity contribution >= 4 is 35.1 Å². The summed E-state index contributed by atoms with van der Waals surface area (Å²) in [5.74, 6) is 0.449. The van der Waals surface area contributed by atoms with Gasteiger partial charge in [-0.15, -0.1) is 0 Å². The summed E-state index contributed by atoms with van der Waals surface area (Å²) in [6.45, 7) is 1.77. The number of nitrogens with zero attached hydrogens (tertiary/aromatic N) is 3. The van der Waals surface area contributed by atoms with Crippen molar-refractivity contribution in [1.29, 1.82) is 5.26 Å². The Morgan fingerprint density at radius 1 is 1.19 bits per heavy atom. The molecule has 158 valence electrons. The van der Waals surface area contributed by atoms with E-state index in [9.17, 15) is 15.2 Å². The van der Waals surface area contributed by atoms with Gasteiger partial charge in [-0.05, 0) is 48.7 Å². The average Bonchev–Trinajstić information content (AvgIpc) is 2.76. The molecule has 0 saturated heterocycles. The van der Waals surface area contributed by atoms with Gasteiger partial charge in [-0.1, -0.05) is 41.4 Å². The molecule has 3 rings (SSSR count). The zero-order valence-corrected chi connectivity index (χ0v) is 18.4. The van der Waals surface area contributed by atoms with Crippen molar-refractivity contribution in [3.05, 3.63) is 85.1 Å². The summed E-state index contributed by atoms with van der Waals surface area (Å²) in [6, 6.07) is 14.3. The second kappa shape index (κ2) is 9.69. The minimum Gasteiger partial charge on any atom is -0.497 e. The molecule has 0 bridgehead atoms. The predicted octanol–water partition coefficient (Wildman–Crippen LogP) is 5.04. The number of para-hydroxylation sites is 1. The Morgan fingerprint density at radius 2 is 1.84 bits per heavy atom. The third kappa shape index (κ3) is 4.74. The second-order valence-electron chi connectivity index (χ2n) is 6.73. The van der Waals surface area contributed by atoms with Crippen molar-refractivity contribution in [3.8, 4) is 17.7 Å². The molecule has 1 N–H and O–H groups in total. The molecule has 0 radical (unpaired) electrons. The Labute approximate surface area is 189 Å². The van der Waals surface area contributed by atoms with E-state index in [-0.39, 0.29) is 23.6 Å². The molecule has 0 unspecified atom stereocenters. The van der Waals surface area contributed by atoms with Gasteiger partial charge in [-0.3, -0.25) is 14.4 Å². The molecular formula is C23H19Cl2N3O3. The van der Waals surface area contributed by atoms with Crippen LogP contribution >= 0.6 is 23.2 Å². The van der Waals surface area contributed by atoms with Gasteiger partial charge in [0.05, 0.1) is 22.7 Å². The van der Waals surface area contributed by atoms with E-state index in [1.54, 1.807) is 32.2 Å². The first-order valence-corrected chi connectivity index (χ1v) is 10.1. The summed E-state index contributed by atoms with van der Waals surface area (Å²) in [5.41, 5.74) is 1.25. The molecule has 0 aliphatic rings. The molecule has 0 saturated carbocycles. The molecule has 31 heavy (non-hydrogen) atoms. The summed E-state index contributed by atoms with van der Waals surface area (Å²) in [6.07, 6.45) is 1.83. The summed E-state index contributed by atoms with van der Waals surface area (Å²) in [7, 11) is 1.58. The van der Waals surface area contributed by atoms with E-state index in [0.717, 1.165) is 11.3 Å². The molecule has 3 aromatic rings. The number of halogens is 2. The molecule has 0 fully saturated rings. The van der Waals surface area contributed by atoms with Crippen molar-refractivity contribution in [2.75, 3.05) is 7.11 Å². The van der Waals surface area contributed by atoms with E-state index in [1.807, 2.05) is 30.3 Å². The maximum Gasteiger partial charge on any atom is 0.271 e. The number of nitriles is 1. The van der Waals surface area contributed by atoms with Crippen LogP contribution in [-0.4, -0.2) is 23.0 Å². The lowest BCUT2D eigenvalue weighted by Crippen LogP contribution is -2.26.